The molecule has 0 spiro atoms. The quantitative estimate of drug-likeness (QED) is 0.445. The van der Waals surface area contributed by atoms with Crippen molar-refractivity contribution in [3.05, 3.63) is 35.9 Å². The van der Waals surface area contributed by atoms with E-state index >= 15 is 0 Å². The van der Waals surface area contributed by atoms with E-state index in [1.807, 2.05) is 30.3 Å². The van der Waals surface area contributed by atoms with Gasteiger partial charge in [-0.15, -0.1) is 0 Å². The molecule has 0 heterocycles. The lowest BCUT2D eigenvalue weighted by Crippen LogP contribution is -2.08. The number of rotatable bonds is 8. The van der Waals surface area contributed by atoms with Crippen LogP contribution in [0.1, 0.15) is 18.4 Å². The highest BCUT2D eigenvalue weighted by molar-refractivity contribution is 9.09. The number of benzene rings is 1. The van der Waals surface area contributed by atoms with E-state index in [0.29, 0.717) is 11.8 Å². The lowest BCUT2D eigenvalue weighted by molar-refractivity contribution is -0.144. The molecule has 1 N–H and O–H groups in total. The van der Waals surface area contributed by atoms with Crippen LogP contribution in [0.2, 0.25) is 0 Å². The van der Waals surface area contributed by atoms with Gasteiger partial charge in [-0.3, -0.25) is 9.36 Å². The number of esters is 1. The number of hydrogen-bond acceptors (Lipinski definition) is 3. The van der Waals surface area contributed by atoms with Crippen LogP contribution in [0.3, 0.4) is 0 Å². The zero-order valence-corrected chi connectivity index (χ0v) is 13.1. The number of carbonyl (C=O) groups excluding carboxylic acids is 1. The van der Waals surface area contributed by atoms with Crippen molar-refractivity contribution in [1.29, 1.82) is 0 Å². The van der Waals surface area contributed by atoms with Crippen molar-refractivity contribution in [1.82, 2.24) is 0 Å². The number of carbonyl (C=O) groups is 1. The van der Waals surface area contributed by atoms with Gasteiger partial charge in [-0.2, -0.15) is 0 Å². The Morgan fingerprint density at radius 1 is 1.26 bits per heavy atom. The second kappa shape index (κ2) is 8.51. The fraction of sp³-hybridized carbons (Fsp3) is 0.462. The molecule has 0 aromatic heterocycles. The molecule has 0 bridgehead atoms. The van der Waals surface area contributed by atoms with Gasteiger partial charge in [0.15, 0.2) is 0 Å². The molecule has 0 aliphatic carbocycles. The Labute approximate surface area is 121 Å². The average Bonchev–Trinajstić information content (AvgIpc) is 2.42. The van der Waals surface area contributed by atoms with E-state index in [2.05, 4.69) is 15.9 Å². The minimum absolute atomic E-state index is 0.00633. The molecule has 1 aromatic rings. The van der Waals surface area contributed by atoms with Crippen molar-refractivity contribution >= 4 is 29.3 Å². The fourth-order valence-electron chi connectivity index (χ4n) is 1.49. The molecule has 6 heteroatoms. The predicted molar refractivity (Wildman–Crippen MR) is 78.8 cm³/mol. The van der Waals surface area contributed by atoms with Crippen LogP contribution >= 0.6 is 23.3 Å². The monoisotopic (exact) mass is 348 g/mol. The van der Waals surface area contributed by atoms with Crippen LogP contribution in [0, 0.1) is 0 Å². The van der Waals surface area contributed by atoms with Gasteiger partial charge >= 0.3 is 5.97 Å². The molecule has 106 valence electrons. The van der Waals surface area contributed by atoms with Crippen LogP contribution in [0.15, 0.2) is 30.3 Å². The van der Waals surface area contributed by atoms with Gasteiger partial charge in [-0.25, -0.2) is 0 Å². The van der Waals surface area contributed by atoms with E-state index in [0.717, 1.165) is 5.56 Å². The lowest BCUT2D eigenvalue weighted by atomic mass is 10.2. The van der Waals surface area contributed by atoms with Gasteiger partial charge in [0, 0.05) is 17.7 Å². The lowest BCUT2D eigenvalue weighted by Gasteiger charge is -2.10. The highest BCUT2D eigenvalue weighted by atomic mass is 79.9. The summed E-state index contributed by atoms with van der Waals surface area (Å²) in [6.45, 7) is 0.205. The van der Waals surface area contributed by atoms with Crippen molar-refractivity contribution in [2.24, 2.45) is 0 Å². The Bertz CT molecular complexity index is 436. The summed E-state index contributed by atoms with van der Waals surface area (Å²) in [5, 5.41) is 0.690. The highest BCUT2D eigenvalue weighted by Crippen LogP contribution is 2.41. The first-order valence-electron chi connectivity index (χ1n) is 6.10. The zero-order chi connectivity index (χ0) is 14.1. The molecular weight excluding hydrogens is 331 g/mol. The summed E-state index contributed by atoms with van der Waals surface area (Å²) >= 11 is 3.21. The van der Waals surface area contributed by atoms with E-state index in [1.165, 1.54) is 0 Å². The summed E-state index contributed by atoms with van der Waals surface area (Å²) in [6.07, 6.45) is 0.855. The van der Waals surface area contributed by atoms with Crippen LogP contribution in [0.5, 0.6) is 0 Å². The third kappa shape index (κ3) is 7.51. The minimum Gasteiger partial charge on any atom is -0.461 e. The Kier molecular flexibility index (Phi) is 7.36. The molecule has 1 unspecified atom stereocenters. The van der Waals surface area contributed by atoms with Gasteiger partial charge in [0.25, 0.3) is 0 Å². The SMILES string of the molecule is O=C(CCP(=O)(O)CCCBr)OCc1ccccc1. The summed E-state index contributed by atoms with van der Waals surface area (Å²) in [6, 6.07) is 9.34. The van der Waals surface area contributed by atoms with Crippen molar-refractivity contribution in [2.45, 2.75) is 19.4 Å². The van der Waals surface area contributed by atoms with E-state index in [9.17, 15) is 14.3 Å². The van der Waals surface area contributed by atoms with E-state index in [-0.39, 0.29) is 25.4 Å². The van der Waals surface area contributed by atoms with E-state index in [1.54, 1.807) is 0 Å². The molecule has 0 aliphatic rings. The largest absolute Gasteiger partial charge is 0.461 e. The Hall–Kier alpha value is -0.640. The number of halogens is 1. The van der Waals surface area contributed by atoms with Gasteiger partial charge in [-0.05, 0) is 12.0 Å². The Morgan fingerprint density at radius 2 is 1.95 bits per heavy atom. The van der Waals surface area contributed by atoms with E-state index < -0.39 is 13.3 Å². The van der Waals surface area contributed by atoms with Crippen molar-refractivity contribution in [3.63, 3.8) is 0 Å². The normalized spacial score (nSPS) is 13.8. The predicted octanol–water partition coefficient (Wildman–Crippen LogP) is 3.18. The zero-order valence-electron chi connectivity index (χ0n) is 10.6. The maximum atomic E-state index is 11.7. The summed E-state index contributed by atoms with van der Waals surface area (Å²) in [5.74, 6) is -0.433. The molecular formula is C13H18BrO4P. The van der Waals surface area contributed by atoms with Crippen LogP contribution in [-0.4, -0.2) is 28.5 Å². The standard InChI is InChI=1S/C13H18BrO4P/c14-8-4-9-19(16,17)10-7-13(15)18-11-12-5-2-1-3-6-12/h1-3,5-6H,4,7-11H2,(H,16,17). The van der Waals surface area contributed by atoms with Gasteiger partial charge in [0.2, 0.25) is 7.37 Å². The molecule has 19 heavy (non-hydrogen) atoms. The second-order valence-corrected chi connectivity index (χ2v) is 7.61. The first kappa shape index (κ1) is 16.4. The Morgan fingerprint density at radius 3 is 2.58 bits per heavy atom. The molecule has 0 fully saturated rings. The Balaban J connectivity index is 2.26. The van der Waals surface area contributed by atoms with Crippen molar-refractivity contribution in [3.8, 4) is 0 Å². The first-order chi connectivity index (χ1) is 9.03. The second-order valence-electron chi connectivity index (χ2n) is 4.23. The van der Waals surface area contributed by atoms with Gasteiger partial charge in [-0.1, -0.05) is 46.3 Å². The highest BCUT2D eigenvalue weighted by Gasteiger charge is 2.19. The summed E-state index contributed by atoms with van der Waals surface area (Å²) in [5.41, 5.74) is 0.905. The minimum atomic E-state index is -3.19. The summed E-state index contributed by atoms with van der Waals surface area (Å²) in [4.78, 5) is 21.1. The van der Waals surface area contributed by atoms with Crippen molar-refractivity contribution in [2.75, 3.05) is 17.7 Å². The van der Waals surface area contributed by atoms with Crippen LogP contribution in [0.4, 0.5) is 0 Å². The topological polar surface area (TPSA) is 63.6 Å². The third-order valence-corrected chi connectivity index (χ3v) is 5.05. The maximum Gasteiger partial charge on any atom is 0.306 e. The maximum absolute atomic E-state index is 11.7. The third-order valence-electron chi connectivity index (χ3n) is 2.55. The van der Waals surface area contributed by atoms with Gasteiger partial charge in [0.1, 0.15) is 6.61 Å². The molecule has 1 aromatic carbocycles. The smallest absolute Gasteiger partial charge is 0.306 e. The molecule has 1 rings (SSSR count). The molecule has 4 nitrogen and oxygen atoms in total. The molecule has 0 saturated heterocycles. The van der Waals surface area contributed by atoms with E-state index in [4.69, 9.17) is 4.74 Å². The average molecular weight is 349 g/mol. The molecule has 0 amide bonds. The summed E-state index contributed by atoms with van der Waals surface area (Å²) in [7, 11) is -3.19. The molecule has 0 saturated carbocycles. The summed E-state index contributed by atoms with van der Waals surface area (Å²) < 4.78 is 16.7. The molecule has 0 aliphatic heterocycles. The van der Waals surface area contributed by atoms with Gasteiger partial charge < -0.3 is 9.63 Å². The molecule has 1 atom stereocenters. The van der Waals surface area contributed by atoms with Crippen molar-refractivity contribution < 1.29 is 19.0 Å². The molecule has 0 radical (unpaired) electrons. The number of alkyl halides is 1. The van der Waals surface area contributed by atoms with Gasteiger partial charge in [0.05, 0.1) is 6.42 Å². The number of hydrogen-bond donors (Lipinski definition) is 1. The van der Waals surface area contributed by atoms with Crippen LogP contribution in [-0.2, 0) is 20.7 Å². The van der Waals surface area contributed by atoms with Crippen LogP contribution < -0.4 is 0 Å². The first-order valence-corrected chi connectivity index (χ1v) is 9.25. The fourth-order valence-corrected chi connectivity index (χ4v) is 3.62. The number of ether oxygens (including phenoxy) is 1. The van der Waals surface area contributed by atoms with Crippen LogP contribution in [0.25, 0.3) is 0 Å².